The molecule has 1 aliphatic carbocycles. The van der Waals surface area contributed by atoms with Gasteiger partial charge in [0.2, 0.25) is 5.91 Å². The van der Waals surface area contributed by atoms with Crippen molar-refractivity contribution < 1.29 is 9.90 Å². The van der Waals surface area contributed by atoms with E-state index in [2.05, 4.69) is 5.32 Å². The summed E-state index contributed by atoms with van der Waals surface area (Å²) in [6.45, 7) is 0. The number of amides is 1. The van der Waals surface area contributed by atoms with Gasteiger partial charge in [-0.25, -0.2) is 0 Å². The van der Waals surface area contributed by atoms with Gasteiger partial charge in [0.25, 0.3) is 0 Å². The van der Waals surface area contributed by atoms with Crippen molar-refractivity contribution in [1.29, 1.82) is 0 Å². The summed E-state index contributed by atoms with van der Waals surface area (Å²) in [5.74, 6) is -0.358. The topological polar surface area (TPSA) is 75.3 Å². The van der Waals surface area contributed by atoms with Gasteiger partial charge in [0.05, 0.1) is 11.6 Å². The summed E-state index contributed by atoms with van der Waals surface area (Å²) in [6.07, 6.45) is 2.41. The lowest BCUT2D eigenvalue weighted by Gasteiger charge is -2.36. The minimum Gasteiger partial charge on any atom is -0.393 e. The lowest BCUT2D eigenvalue weighted by atomic mass is 9.80. The largest absolute Gasteiger partial charge is 0.393 e. The Balaban J connectivity index is 2.71. The number of aliphatic hydroxyl groups is 1. The van der Waals surface area contributed by atoms with Gasteiger partial charge in [-0.1, -0.05) is 0 Å². The molecule has 4 N–H and O–H groups in total. The molecule has 0 saturated heterocycles. The predicted molar refractivity (Wildman–Crippen MR) is 45.5 cm³/mol. The number of hydrogen-bond acceptors (Lipinski definition) is 3. The van der Waals surface area contributed by atoms with Gasteiger partial charge in [0.15, 0.2) is 0 Å². The third-order valence-electron chi connectivity index (χ3n) is 2.68. The van der Waals surface area contributed by atoms with Crippen LogP contribution in [0.5, 0.6) is 0 Å². The van der Waals surface area contributed by atoms with Gasteiger partial charge in [0.1, 0.15) is 0 Å². The molecule has 0 bridgehead atoms. The van der Waals surface area contributed by atoms with E-state index in [1.165, 1.54) is 0 Å². The van der Waals surface area contributed by atoms with Crippen LogP contribution in [0.1, 0.15) is 25.7 Å². The van der Waals surface area contributed by atoms with Crippen molar-refractivity contribution in [3.8, 4) is 0 Å². The van der Waals surface area contributed by atoms with Crippen molar-refractivity contribution in [3.63, 3.8) is 0 Å². The number of nitrogens with two attached hydrogens (primary N) is 1. The number of carbonyl (C=O) groups is 1. The lowest BCUT2D eigenvalue weighted by molar-refractivity contribution is -0.127. The Morgan fingerprint density at radius 2 is 2.42 bits per heavy atom. The minimum atomic E-state index is -0.669. The van der Waals surface area contributed by atoms with Gasteiger partial charge in [-0.2, -0.15) is 0 Å². The summed E-state index contributed by atoms with van der Waals surface area (Å²) >= 11 is 0. The fourth-order valence-corrected chi connectivity index (χ4v) is 1.82. The Bertz CT molecular complexity index is 184. The van der Waals surface area contributed by atoms with Crippen LogP contribution in [0.3, 0.4) is 0 Å². The van der Waals surface area contributed by atoms with E-state index in [1.54, 1.807) is 7.05 Å². The van der Waals surface area contributed by atoms with Crippen LogP contribution in [0, 0.1) is 0 Å². The molecule has 0 spiro atoms. The Labute approximate surface area is 72.1 Å². The zero-order chi connectivity index (χ0) is 9.19. The Kier molecular flexibility index (Phi) is 2.69. The van der Waals surface area contributed by atoms with Gasteiger partial charge in [-0.15, -0.1) is 0 Å². The molecule has 4 nitrogen and oxygen atoms in total. The van der Waals surface area contributed by atoms with E-state index < -0.39 is 11.6 Å². The van der Waals surface area contributed by atoms with Crippen LogP contribution in [-0.4, -0.2) is 29.7 Å². The van der Waals surface area contributed by atoms with E-state index in [4.69, 9.17) is 5.73 Å². The standard InChI is InChI=1S/C8H16N2O2/c1-10-8(7(9)12)4-2-3-6(11)5-8/h6,10-11H,2-5H2,1H3,(H2,9,12). The first-order valence-electron chi connectivity index (χ1n) is 4.27. The Hall–Kier alpha value is -0.610. The van der Waals surface area contributed by atoms with E-state index in [-0.39, 0.29) is 5.91 Å². The van der Waals surface area contributed by atoms with Crippen LogP contribution < -0.4 is 11.1 Å². The molecule has 1 saturated carbocycles. The Morgan fingerprint density at radius 3 is 2.75 bits per heavy atom. The summed E-state index contributed by atoms with van der Waals surface area (Å²) < 4.78 is 0. The molecule has 1 fully saturated rings. The molecule has 2 unspecified atom stereocenters. The number of hydrogen-bond donors (Lipinski definition) is 3. The summed E-state index contributed by atoms with van der Waals surface area (Å²) in [6, 6.07) is 0. The molecule has 0 aliphatic heterocycles. The van der Waals surface area contributed by atoms with Gasteiger partial charge in [-0.05, 0) is 26.3 Å². The second-order valence-electron chi connectivity index (χ2n) is 3.45. The quantitative estimate of drug-likeness (QED) is 0.519. The van der Waals surface area contributed by atoms with Crippen LogP contribution in [0.25, 0.3) is 0 Å². The molecule has 70 valence electrons. The summed E-state index contributed by atoms with van der Waals surface area (Å²) in [4.78, 5) is 11.1. The highest BCUT2D eigenvalue weighted by Gasteiger charge is 2.39. The maximum Gasteiger partial charge on any atom is 0.237 e. The SMILES string of the molecule is CNC1(C(N)=O)CCCC(O)C1. The highest BCUT2D eigenvalue weighted by molar-refractivity contribution is 5.84. The third-order valence-corrected chi connectivity index (χ3v) is 2.68. The molecule has 1 aliphatic rings. The van der Waals surface area contributed by atoms with Crippen molar-refractivity contribution in [2.75, 3.05) is 7.05 Å². The maximum atomic E-state index is 11.1. The first-order chi connectivity index (χ1) is 5.60. The average Bonchev–Trinajstić information content (AvgIpc) is 2.04. The molecule has 1 amide bonds. The molecule has 1 rings (SSSR count). The van der Waals surface area contributed by atoms with E-state index in [0.717, 1.165) is 19.3 Å². The number of nitrogens with one attached hydrogen (secondary N) is 1. The number of primary amides is 1. The molecule has 4 heteroatoms. The van der Waals surface area contributed by atoms with Crippen molar-refractivity contribution in [1.82, 2.24) is 5.32 Å². The fraction of sp³-hybridized carbons (Fsp3) is 0.875. The van der Waals surface area contributed by atoms with Crippen LogP contribution in [0.2, 0.25) is 0 Å². The molecule has 0 heterocycles. The highest BCUT2D eigenvalue weighted by Crippen LogP contribution is 2.27. The van der Waals surface area contributed by atoms with E-state index in [0.29, 0.717) is 6.42 Å². The first kappa shape index (κ1) is 9.48. The maximum absolute atomic E-state index is 11.1. The second-order valence-corrected chi connectivity index (χ2v) is 3.45. The number of aliphatic hydroxyl groups excluding tert-OH is 1. The summed E-state index contributed by atoms with van der Waals surface area (Å²) in [5.41, 5.74) is 4.59. The normalized spacial score (nSPS) is 36.3. The lowest BCUT2D eigenvalue weighted by Crippen LogP contribution is -2.57. The first-order valence-corrected chi connectivity index (χ1v) is 4.27. The molecule has 0 aromatic rings. The highest BCUT2D eigenvalue weighted by atomic mass is 16.3. The zero-order valence-corrected chi connectivity index (χ0v) is 7.34. The van der Waals surface area contributed by atoms with Crippen molar-refractivity contribution in [2.24, 2.45) is 5.73 Å². The average molecular weight is 172 g/mol. The molecular weight excluding hydrogens is 156 g/mol. The van der Waals surface area contributed by atoms with Gasteiger partial charge in [0, 0.05) is 6.42 Å². The molecule has 12 heavy (non-hydrogen) atoms. The predicted octanol–water partition coefficient (Wildman–Crippen LogP) is -0.635. The monoisotopic (exact) mass is 172 g/mol. The smallest absolute Gasteiger partial charge is 0.237 e. The molecule has 2 atom stereocenters. The van der Waals surface area contributed by atoms with Crippen molar-refractivity contribution in [2.45, 2.75) is 37.3 Å². The van der Waals surface area contributed by atoms with Crippen molar-refractivity contribution >= 4 is 5.91 Å². The molecule has 0 radical (unpaired) electrons. The number of rotatable bonds is 2. The van der Waals surface area contributed by atoms with E-state index >= 15 is 0 Å². The second kappa shape index (κ2) is 3.41. The van der Waals surface area contributed by atoms with E-state index in [9.17, 15) is 9.90 Å². The fourth-order valence-electron chi connectivity index (χ4n) is 1.82. The summed E-state index contributed by atoms with van der Waals surface area (Å²) in [5, 5.41) is 12.3. The minimum absolute atomic E-state index is 0.358. The van der Waals surface area contributed by atoms with E-state index in [1.807, 2.05) is 0 Å². The molecule has 0 aromatic carbocycles. The van der Waals surface area contributed by atoms with Crippen LogP contribution in [0.4, 0.5) is 0 Å². The van der Waals surface area contributed by atoms with Crippen molar-refractivity contribution in [3.05, 3.63) is 0 Å². The Morgan fingerprint density at radius 1 is 1.75 bits per heavy atom. The van der Waals surface area contributed by atoms with Gasteiger partial charge in [-0.3, -0.25) is 4.79 Å². The van der Waals surface area contributed by atoms with Crippen LogP contribution >= 0.6 is 0 Å². The van der Waals surface area contributed by atoms with Crippen LogP contribution in [-0.2, 0) is 4.79 Å². The molecule has 0 aromatic heterocycles. The van der Waals surface area contributed by atoms with Gasteiger partial charge < -0.3 is 16.2 Å². The summed E-state index contributed by atoms with van der Waals surface area (Å²) in [7, 11) is 1.71. The third kappa shape index (κ3) is 1.59. The number of carbonyl (C=O) groups excluding carboxylic acids is 1. The zero-order valence-electron chi connectivity index (χ0n) is 7.34. The van der Waals surface area contributed by atoms with Gasteiger partial charge >= 0.3 is 0 Å². The van der Waals surface area contributed by atoms with Crippen LogP contribution in [0.15, 0.2) is 0 Å². The molecular formula is C8H16N2O2. The number of likely N-dealkylation sites (N-methyl/N-ethyl adjacent to an activating group) is 1.